The van der Waals surface area contributed by atoms with Crippen LogP contribution in [0, 0.1) is 11.7 Å². The Kier molecular flexibility index (Phi) is 3.74. The SMILES string of the molecule is C[C](CO)c1cccc(OC(F)(F)F)c1F. The number of benzene rings is 1. The molecule has 6 heteroatoms. The van der Waals surface area contributed by atoms with Crippen molar-refractivity contribution in [2.24, 2.45) is 0 Å². The molecule has 0 heterocycles. The average Bonchev–Trinajstić information content (AvgIpc) is 2.18. The van der Waals surface area contributed by atoms with E-state index in [1.807, 2.05) is 0 Å². The van der Waals surface area contributed by atoms with E-state index < -0.39 is 24.5 Å². The quantitative estimate of drug-likeness (QED) is 0.819. The Bertz CT molecular complexity index is 362. The molecule has 0 amide bonds. The molecular formula is C10H9F4O2. The summed E-state index contributed by atoms with van der Waals surface area (Å²) >= 11 is 0. The third kappa shape index (κ3) is 3.10. The first-order valence-electron chi connectivity index (χ1n) is 4.33. The maximum absolute atomic E-state index is 13.5. The summed E-state index contributed by atoms with van der Waals surface area (Å²) in [4.78, 5) is 0. The van der Waals surface area contributed by atoms with Crippen LogP contribution in [0.2, 0.25) is 0 Å². The van der Waals surface area contributed by atoms with E-state index in [1.165, 1.54) is 19.1 Å². The summed E-state index contributed by atoms with van der Waals surface area (Å²) in [6, 6.07) is 3.36. The molecule has 0 bridgehead atoms. The van der Waals surface area contributed by atoms with Crippen LogP contribution in [0.5, 0.6) is 5.75 Å². The van der Waals surface area contributed by atoms with E-state index in [1.54, 1.807) is 0 Å². The zero-order chi connectivity index (χ0) is 12.3. The molecule has 1 radical (unpaired) electrons. The molecule has 0 spiro atoms. The molecule has 16 heavy (non-hydrogen) atoms. The van der Waals surface area contributed by atoms with Crippen molar-refractivity contribution >= 4 is 0 Å². The predicted octanol–water partition coefficient (Wildman–Crippen LogP) is 2.66. The fourth-order valence-electron chi connectivity index (χ4n) is 1.13. The number of rotatable bonds is 3. The van der Waals surface area contributed by atoms with Crippen molar-refractivity contribution in [3.63, 3.8) is 0 Å². The Hall–Kier alpha value is -1.30. The maximum Gasteiger partial charge on any atom is 0.573 e. The van der Waals surface area contributed by atoms with Gasteiger partial charge in [0.25, 0.3) is 0 Å². The summed E-state index contributed by atoms with van der Waals surface area (Å²) in [5.74, 6) is -1.81. The standard InChI is InChI=1S/C10H9F4O2/c1-6(5-15)7-3-2-4-8(9(7)11)16-10(12,13)14/h2-4,15H,5H2,1H3. The van der Waals surface area contributed by atoms with Gasteiger partial charge in [-0.2, -0.15) is 0 Å². The van der Waals surface area contributed by atoms with Crippen molar-refractivity contribution in [3.05, 3.63) is 35.5 Å². The van der Waals surface area contributed by atoms with Crippen LogP contribution in [0.3, 0.4) is 0 Å². The molecule has 0 aliphatic carbocycles. The van der Waals surface area contributed by atoms with Crippen molar-refractivity contribution < 1.29 is 27.4 Å². The fraction of sp³-hybridized carbons (Fsp3) is 0.300. The highest BCUT2D eigenvalue weighted by Crippen LogP contribution is 2.29. The second kappa shape index (κ2) is 4.69. The van der Waals surface area contributed by atoms with E-state index in [2.05, 4.69) is 4.74 Å². The zero-order valence-electron chi connectivity index (χ0n) is 8.31. The van der Waals surface area contributed by atoms with Crippen molar-refractivity contribution in [1.29, 1.82) is 0 Å². The number of ether oxygens (including phenoxy) is 1. The van der Waals surface area contributed by atoms with Gasteiger partial charge in [-0.05, 0) is 6.07 Å². The number of aliphatic hydroxyl groups excluding tert-OH is 1. The van der Waals surface area contributed by atoms with E-state index in [4.69, 9.17) is 5.11 Å². The Morgan fingerprint density at radius 1 is 1.38 bits per heavy atom. The van der Waals surface area contributed by atoms with Gasteiger partial charge >= 0.3 is 6.36 Å². The summed E-state index contributed by atoms with van der Waals surface area (Å²) in [5, 5.41) is 8.77. The van der Waals surface area contributed by atoms with Gasteiger partial charge in [-0.3, -0.25) is 0 Å². The summed E-state index contributed by atoms with van der Waals surface area (Å²) < 4.78 is 52.7. The lowest BCUT2D eigenvalue weighted by Gasteiger charge is -2.14. The van der Waals surface area contributed by atoms with Gasteiger partial charge in [0, 0.05) is 11.5 Å². The fourth-order valence-corrected chi connectivity index (χ4v) is 1.13. The highest BCUT2D eigenvalue weighted by Gasteiger charge is 2.33. The third-order valence-electron chi connectivity index (χ3n) is 1.89. The first-order valence-corrected chi connectivity index (χ1v) is 4.33. The van der Waals surface area contributed by atoms with Crippen molar-refractivity contribution in [3.8, 4) is 5.75 Å². The predicted molar refractivity (Wildman–Crippen MR) is 48.2 cm³/mol. The van der Waals surface area contributed by atoms with Crippen LogP contribution in [-0.2, 0) is 0 Å². The van der Waals surface area contributed by atoms with E-state index in [-0.39, 0.29) is 11.5 Å². The molecule has 1 rings (SSSR count). The van der Waals surface area contributed by atoms with E-state index in [0.29, 0.717) is 0 Å². The molecule has 0 saturated heterocycles. The molecule has 0 aliphatic rings. The monoisotopic (exact) mass is 237 g/mol. The molecule has 1 aromatic carbocycles. The zero-order valence-corrected chi connectivity index (χ0v) is 8.31. The minimum absolute atomic E-state index is 0.0933. The van der Waals surface area contributed by atoms with Gasteiger partial charge in [-0.15, -0.1) is 13.2 Å². The van der Waals surface area contributed by atoms with E-state index in [9.17, 15) is 17.6 Å². The van der Waals surface area contributed by atoms with Crippen LogP contribution in [0.1, 0.15) is 12.5 Å². The van der Waals surface area contributed by atoms with Crippen molar-refractivity contribution in [2.45, 2.75) is 13.3 Å². The van der Waals surface area contributed by atoms with Crippen molar-refractivity contribution in [2.75, 3.05) is 6.61 Å². The largest absolute Gasteiger partial charge is 0.573 e. The smallest absolute Gasteiger partial charge is 0.403 e. The highest BCUT2D eigenvalue weighted by molar-refractivity contribution is 5.38. The second-order valence-corrected chi connectivity index (χ2v) is 3.10. The number of alkyl halides is 3. The van der Waals surface area contributed by atoms with Gasteiger partial charge < -0.3 is 9.84 Å². The normalized spacial score (nSPS) is 11.9. The summed E-state index contributed by atoms with van der Waals surface area (Å²) in [5.41, 5.74) is -0.0933. The molecule has 1 N–H and O–H groups in total. The van der Waals surface area contributed by atoms with Crippen LogP contribution < -0.4 is 4.74 Å². The number of aliphatic hydroxyl groups is 1. The Balaban J connectivity index is 3.04. The summed E-state index contributed by atoms with van der Waals surface area (Å²) in [7, 11) is 0. The van der Waals surface area contributed by atoms with Crippen LogP contribution in [0.15, 0.2) is 18.2 Å². The van der Waals surface area contributed by atoms with Crippen LogP contribution in [0.4, 0.5) is 17.6 Å². The summed E-state index contributed by atoms with van der Waals surface area (Å²) in [6.07, 6.45) is -4.94. The van der Waals surface area contributed by atoms with Crippen LogP contribution in [0.25, 0.3) is 0 Å². The molecule has 0 fully saturated rings. The molecule has 0 saturated carbocycles. The van der Waals surface area contributed by atoms with Gasteiger partial charge in [0.2, 0.25) is 0 Å². The molecule has 0 unspecified atom stereocenters. The van der Waals surface area contributed by atoms with Gasteiger partial charge in [0.05, 0.1) is 6.61 Å². The molecule has 0 atom stereocenters. The molecular weight excluding hydrogens is 228 g/mol. The Morgan fingerprint density at radius 3 is 2.50 bits per heavy atom. The number of halogens is 4. The number of hydrogen-bond acceptors (Lipinski definition) is 2. The minimum atomic E-state index is -4.94. The molecule has 2 nitrogen and oxygen atoms in total. The number of hydrogen-bond donors (Lipinski definition) is 1. The molecule has 89 valence electrons. The van der Waals surface area contributed by atoms with Gasteiger partial charge in [0.15, 0.2) is 11.6 Å². The van der Waals surface area contributed by atoms with Crippen LogP contribution >= 0.6 is 0 Å². The molecule has 0 aliphatic heterocycles. The Morgan fingerprint density at radius 2 is 2.00 bits per heavy atom. The van der Waals surface area contributed by atoms with Gasteiger partial charge in [0.1, 0.15) is 0 Å². The first kappa shape index (κ1) is 12.8. The van der Waals surface area contributed by atoms with E-state index in [0.717, 1.165) is 6.07 Å². The highest BCUT2D eigenvalue weighted by atomic mass is 19.4. The van der Waals surface area contributed by atoms with E-state index >= 15 is 0 Å². The average molecular weight is 237 g/mol. The lowest BCUT2D eigenvalue weighted by Crippen LogP contribution is -2.18. The molecule has 0 aromatic heterocycles. The first-order chi connectivity index (χ1) is 7.35. The lowest BCUT2D eigenvalue weighted by atomic mass is 10.0. The summed E-state index contributed by atoms with van der Waals surface area (Å²) in [6.45, 7) is 0.974. The van der Waals surface area contributed by atoms with Crippen LogP contribution in [-0.4, -0.2) is 18.1 Å². The second-order valence-electron chi connectivity index (χ2n) is 3.10. The minimum Gasteiger partial charge on any atom is -0.403 e. The molecule has 1 aromatic rings. The van der Waals surface area contributed by atoms with Gasteiger partial charge in [-0.1, -0.05) is 19.1 Å². The third-order valence-corrected chi connectivity index (χ3v) is 1.89. The van der Waals surface area contributed by atoms with Crippen molar-refractivity contribution in [1.82, 2.24) is 0 Å². The maximum atomic E-state index is 13.5. The topological polar surface area (TPSA) is 29.5 Å². The lowest BCUT2D eigenvalue weighted by molar-refractivity contribution is -0.275. The van der Waals surface area contributed by atoms with Gasteiger partial charge in [-0.25, -0.2) is 4.39 Å². The Labute approximate surface area is 89.5 Å².